The minimum absolute atomic E-state index is 0.355. The molecular formula is C9H4O3. The molecule has 2 aromatic rings. The van der Waals surface area contributed by atoms with E-state index in [-0.39, 0.29) is 5.63 Å². The summed E-state index contributed by atoms with van der Waals surface area (Å²) in [6, 6.07) is 7.31. The van der Waals surface area contributed by atoms with E-state index in [1.165, 1.54) is 0 Å². The zero-order chi connectivity index (χ0) is 8.13. The Morgan fingerprint density at radius 2 is 1.92 bits per heavy atom. The van der Waals surface area contributed by atoms with Gasteiger partial charge in [0.05, 0.1) is 5.39 Å². The molecule has 3 rings (SSSR count). The first-order valence-corrected chi connectivity index (χ1v) is 3.60. The van der Waals surface area contributed by atoms with Gasteiger partial charge in [0, 0.05) is 0 Å². The Morgan fingerprint density at radius 3 is 2.83 bits per heavy atom. The molecule has 0 spiro atoms. The van der Waals surface area contributed by atoms with Gasteiger partial charge in [-0.2, -0.15) is 0 Å². The van der Waals surface area contributed by atoms with E-state index in [4.69, 9.17) is 9.15 Å². The van der Waals surface area contributed by atoms with Crippen LogP contribution in [0.2, 0.25) is 0 Å². The molecule has 3 nitrogen and oxygen atoms in total. The second kappa shape index (κ2) is 1.69. The van der Waals surface area contributed by atoms with Gasteiger partial charge in [0.25, 0.3) is 5.75 Å². The Labute approximate surface area is 67.2 Å². The molecule has 0 unspecified atom stereocenters. The van der Waals surface area contributed by atoms with Gasteiger partial charge >= 0.3 is 5.63 Å². The smallest absolute Gasteiger partial charge is 0.383 e. The molecule has 58 valence electrons. The van der Waals surface area contributed by atoms with E-state index in [1.54, 1.807) is 6.07 Å². The number of rotatable bonds is 0. The van der Waals surface area contributed by atoms with Crippen LogP contribution in [0, 0.1) is 0 Å². The third kappa shape index (κ3) is 0.580. The Bertz CT molecular complexity index is 525. The maximum Gasteiger partial charge on any atom is 0.383 e. The van der Waals surface area contributed by atoms with Gasteiger partial charge in [-0.3, -0.25) is 0 Å². The molecule has 2 heterocycles. The largest absolute Gasteiger partial charge is 0.441 e. The molecule has 0 N–H and O–H groups in total. The van der Waals surface area contributed by atoms with E-state index in [1.807, 2.05) is 18.2 Å². The molecule has 0 fully saturated rings. The van der Waals surface area contributed by atoms with Crippen molar-refractivity contribution in [2.75, 3.05) is 0 Å². The number of fused-ring (bicyclic) bond motifs is 3. The zero-order valence-electron chi connectivity index (χ0n) is 6.03. The highest BCUT2D eigenvalue weighted by Crippen LogP contribution is 2.46. The normalized spacial score (nSPS) is 12.3. The second-order valence-electron chi connectivity index (χ2n) is 2.65. The van der Waals surface area contributed by atoms with Gasteiger partial charge in [-0.1, -0.05) is 12.1 Å². The van der Waals surface area contributed by atoms with Crippen molar-refractivity contribution in [3.05, 3.63) is 34.7 Å². The fourth-order valence-corrected chi connectivity index (χ4v) is 1.28. The van der Waals surface area contributed by atoms with Crippen LogP contribution < -0.4 is 10.4 Å². The van der Waals surface area contributed by atoms with Crippen molar-refractivity contribution < 1.29 is 9.15 Å². The number of benzene rings is 1. The molecule has 0 amide bonds. The first-order valence-electron chi connectivity index (χ1n) is 3.60. The molecule has 0 bridgehead atoms. The number of ether oxygens (including phenoxy) is 1. The third-order valence-electron chi connectivity index (χ3n) is 1.89. The minimum atomic E-state index is -0.385. The summed E-state index contributed by atoms with van der Waals surface area (Å²) in [7, 11) is 0. The predicted molar refractivity (Wildman–Crippen MR) is 42.6 cm³/mol. The molecule has 0 saturated heterocycles. The van der Waals surface area contributed by atoms with Crippen LogP contribution in [0.15, 0.2) is 33.5 Å². The average molecular weight is 160 g/mol. The van der Waals surface area contributed by atoms with Crippen LogP contribution >= 0.6 is 0 Å². The summed E-state index contributed by atoms with van der Waals surface area (Å²) in [5.41, 5.74) is 0.197. The van der Waals surface area contributed by atoms with Gasteiger partial charge in [0.1, 0.15) is 5.58 Å². The van der Waals surface area contributed by atoms with Gasteiger partial charge in [-0.05, 0) is 12.1 Å². The zero-order valence-corrected chi connectivity index (χ0v) is 6.03. The standard InChI is InChI=1S/C9H4O3/c10-9-8-7(12-8)5-3-1-2-4-6(5)11-9/h1-4H. The highest BCUT2D eigenvalue weighted by atomic mass is 16.6. The van der Waals surface area contributed by atoms with Crippen LogP contribution in [0.25, 0.3) is 11.0 Å². The third-order valence-corrected chi connectivity index (χ3v) is 1.89. The first-order chi connectivity index (χ1) is 5.86. The van der Waals surface area contributed by atoms with E-state index in [9.17, 15) is 4.79 Å². The fraction of sp³-hybridized carbons (Fsp3) is 0. The Kier molecular flexibility index (Phi) is 0.821. The Balaban J connectivity index is 2.61. The van der Waals surface area contributed by atoms with E-state index >= 15 is 0 Å². The van der Waals surface area contributed by atoms with Crippen LogP contribution in [0.3, 0.4) is 0 Å². The molecule has 0 aliphatic carbocycles. The van der Waals surface area contributed by atoms with E-state index in [0.717, 1.165) is 5.39 Å². The molecule has 1 aromatic heterocycles. The van der Waals surface area contributed by atoms with Crippen LogP contribution in [0.4, 0.5) is 0 Å². The number of hydrogen-bond donors (Lipinski definition) is 0. The molecule has 1 aromatic carbocycles. The van der Waals surface area contributed by atoms with Gasteiger partial charge in [0.2, 0.25) is 0 Å². The highest BCUT2D eigenvalue weighted by Gasteiger charge is 2.29. The van der Waals surface area contributed by atoms with E-state index in [0.29, 0.717) is 17.1 Å². The van der Waals surface area contributed by atoms with Gasteiger partial charge in [0.15, 0.2) is 5.75 Å². The van der Waals surface area contributed by atoms with Crippen molar-refractivity contribution in [2.45, 2.75) is 0 Å². The maximum absolute atomic E-state index is 11.0. The fourth-order valence-electron chi connectivity index (χ4n) is 1.28. The predicted octanol–water partition coefficient (Wildman–Crippen LogP) is 1.90. The van der Waals surface area contributed by atoms with Gasteiger partial charge in [-0.15, -0.1) is 0 Å². The summed E-state index contributed by atoms with van der Waals surface area (Å²) >= 11 is 0. The summed E-state index contributed by atoms with van der Waals surface area (Å²) in [4.78, 5) is 11.0. The lowest BCUT2D eigenvalue weighted by Gasteiger charge is -1.87. The summed E-state index contributed by atoms with van der Waals surface area (Å²) in [6.07, 6.45) is 0. The van der Waals surface area contributed by atoms with Crippen LogP contribution in [-0.2, 0) is 0 Å². The van der Waals surface area contributed by atoms with Gasteiger partial charge < -0.3 is 9.15 Å². The lowest BCUT2D eigenvalue weighted by atomic mass is 10.2. The monoisotopic (exact) mass is 160 g/mol. The van der Waals surface area contributed by atoms with Crippen molar-refractivity contribution in [2.24, 2.45) is 0 Å². The van der Waals surface area contributed by atoms with Crippen molar-refractivity contribution in [1.29, 1.82) is 0 Å². The summed E-state index contributed by atoms with van der Waals surface area (Å²) < 4.78 is 9.94. The Hall–Kier alpha value is -1.77. The lowest BCUT2D eigenvalue weighted by molar-refractivity contribution is 0.543. The van der Waals surface area contributed by atoms with Crippen molar-refractivity contribution >= 4 is 11.0 Å². The van der Waals surface area contributed by atoms with E-state index in [2.05, 4.69) is 0 Å². The maximum atomic E-state index is 11.0. The molecule has 0 radical (unpaired) electrons. The number of hydrogen-bond acceptors (Lipinski definition) is 3. The molecular weight excluding hydrogens is 156 g/mol. The quantitative estimate of drug-likeness (QED) is 0.372. The molecule has 3 heteroatoms. The van der Waals surface area contributed by atoms with E-state index < -0.39 is 0 Å². The Morgan fingerprint density at radius 1 is 1.08 bits per heavy atom. The second-order valence-corrected chi connectivity index (χ2v) is 2.65. The van der Waals surface area contributed by atoms with Gasteiger partial charge in [-0.25, -0.2) is 4.79 Å². The van der Waals surface area contributed by atoms with Crippen LogP contribution in [-0.4, -0.2) is 0 Å². The SMILES string of the molecule is O=c1oc2ccccc2c2c1O2. The summed E-state index contributed by atoms with van der Waals surface area (Å²) in [6.45, 7) is 0. The van der Waals surface area contributed by atoms with Crippen LogP contribution in [0.1, 0.15) is 0 Å². The average Bonchev–Trinajstić information content (AvgIpc) is 2.84. The highest BCUT2D eigenvalue weighted by molar-refractivity contribution is 5.89. The molecule has 12 heavy (non-hydrogen) atoms. The lowest BCUT2D eigenvalue weighted by Crippen LogP contribution is -1.89. The molecule has 0 saturated carbocycles. The van der Waals surface area contributed by atoms with Crippen molar-refractivity contribution in [3.8, 4) is 11.5 Å². The van der Waals surface area contributed by atoms with Crippen molar-refractivity contribution in [3.63, 3.8) is 0 Å². The first kappa shape index (κ1) is 5.83. The molecule has 0 atom stereocenters. The van der Waals surface area contributed by atoms with Crippen LogP contribution in [0.5, 0.6) is 11.5 Å². The molecule has 1 aliphatic rings. The molecule has 1 aliphatic heterocycles. The van der Waals surface area contributed by atoms with Crippen molar-refractivity contribution in [1.82, 2.24) is 0 Å². The minimum Gasteiger partial charge on any atom is -0.441 e. The summed E-state index contributed by atoms with van der Waals surface area (Å²) in [5, 5.41) is 0.868. The topological polar surface area (TPSA) is 42.7 Å². The summed E-state index contributed by atoms with van der Waals surface area (Å²) in [5.74, 6) is 1.02. The number of para-hydroxylation sites is 1.